The molecule has 2 aromatic rings. The number of pyridine rings is 1. The van der Waals surface area contributed by atoms with Gasteiger partial charge in [-0.25, -0.2) is 4.98 Å². The van der Waals surface area contributed by atoms with Crippen molar-refractivity contribution in [3.8, 4) is 0 Å². The van der Waals surface area contributed by atoms with E-state index in [1.807, 2.05) is 11.9 Å². The summed E-state index contributed by atoms with van der Waals surface area (Å²) in [6.07, 6.45) is 3.82. The van der Waals surface area contributed by atoms with Crippen molar-refractivity contribution in [1.82, 2.24) is 4.98 Å². The molecule has 0 aliphatic carbocycles. The van der Waals surface area contributed by atoms with Gasteiger partial charge in [-0.3, -0.25) is 4.79 Å². The predicted molar refractivity (Wildman–Crippen MR) is 96.8 cm³/mol. The number of carbonyl (C=O) groups excluding carboxylic acids is 1. The van der Waals surface area contributed by atoms with Gasteiger partial charge in [-0.05, 0) is 30.7 Å². The van der Waals surface area contributed by atoms with E-state index in [1.165, 1.54) is 0 Å². The molecule has 0 aliphatic heterocycles. The van der Waals surface area contributed by atoms with E-state index < -0.39 is 0 Å². The molecule has 1 aromatic carbocycles. The van der Waals surface area contributed by atoms with E-state index in [9.17, 15) is 4.79 Å². The van der Waals surface area contributed by atoms with E-state index in [2.05, 4.69) is 17.2 Å². The van der Waals surface area contributed by atoms with E-state index >= 15 is 0 Å². The summed E-state index contributed by atoms with van der Waals surface area (Å²) in [5, 5.41) is 3.51. The number of hydrogen-bond donors (Lipinski definition) is 1. The highest BCUT2D eigenvalue weighted by atomic mass is 35.5. The molecule has 6 heteroatoms. The molecule has 0 atom stereocenters. The largest absolute Gasteiger partial charge is 0.360 e. The minimum atomic E-state index is -0.248. The van der Waals surface area contributed by atoms with Crippen molar-refractivity contribution in [3.05, 3.63) is 52.1 Å². The molecular formula is C17H19Cl2N3O. The molecule has 1 N–H and O–H groups in total. The predicted octanol–water partition coefficient (Wildman–Crippen LogP) is 4.88. The highest BCUT2D eigenvalue weighted by molar-refractivity contribution is 6.44. The molecule has 0 saturated carbocycles. The molecule has 4 nitrogen and oxygen atoms in total. The fourth-order valence-electron chi connectivity index (χ4n) is 2.07. The lowest BCUT2D eigenvalue weighted by molar-refractivity contribution is 0.102. The SMILES string of the molecule is CCCCN(C)c1cc(C(=O)Nc2cccc(Cl)c2Cl)ccn1. The maximum absolute atomic E-state index is 12.4. The second-order valence-electron chi connectivity index (χ2n) is 5.23. The van der Waals surface area contributed by atoms with Crippen LogP contribution >= 0.6 is 23.2 Å². The van der Waals surface area contributed by atoms with Crippen molar-refractivity contribution in [2.45, 2.75) is 19.8 Å². The van der Waals surface area contributed by atoms with Crippen molar-refractivity contribution in [3.63, 3.8) is 0 Å². The summed E-state index contributed by atoms with van der Waals surface area (Å²) in [6.45, 7) is 3.04. The van der Waals surface area contributed by atoms with Crippen LogP contribution in [0.3, 0.4) is 0 Å². The Bertz CT molecular complexity index is 691. The van der Waals surface area contributed by atoms with Gasteiger partial charge >= 0.3 is 0 Å². The first-order valence-electron chi connectivity index (χ1n) is 7.45. The van der Waals surface area contributed by atoms with Crippen molar-refractivity contribution in [2.75, 3.05) is 23.8 Å². The standard InChI is InChI=1S/C17H19Cl2N3O/c1-3-4-10-22(2)15-11-12(8-9-20-15)17(23)21-14-7-5-6-13(18)16(14)19/h5-9,11H,3-4,10H2,1-2H3,(H,21,23). The molecule has 1 amide bonds. The molecule has 23 heavy (non-hydrogen) atoms. The van der Waals surface area contributed by atoms with E-state index in [-0.39, 0.29) is 5.91 Å². The summed E-state index contributed by atoms with van der Waals surface area (Å²) in [4.78, 5) is 18.8. The van der Waals surface area contributed by atoms with Crippen molar-refractivity contribution < 1.29 is 4.79 Å². The maximum Gasteiger partial charge on any atom is 0.255 e. The van der Waals surface area contributed by atoms with Crippen LogP contribution in [0.4, 0.5) is 11.5 Å². The summed E-state index contributed by atoms with van der Waals surface area (Å²) in [5.41, 5.74) is 1.01. The Kier molecular flexibility index (Phi) is 6.25. The lowest BCUT2D eigenvalue weighted by Gasteiger charge is -2.18. The van der Waals surface area contributed by atoms with Crippen LogP contribution in [0.1, 0.15) is 30.1 Å². The summed E-state index contributed by atoms with van der Waals surface area (Å²) >= 11 is 12.1. The Morgan fingerprint density at radius 2 is 2.09 bits per heavy atom. The molecule has 0 fully saturated rings. The van der Waals surface area contributed by atoms with Gasteiger partial charge in [0, 0.05) is 25.4 Å². The minimum Gasteiger partial charge on any atom is -0.360 e. The third kappa shape index (κ3) is 4.60. The highest BCUT2D eigenvalue weighted by Gasteiger charge is 2.12. The Morgan fingerprint density at radius 1 is 1.30 bits per heavy atom. The second kappa shape index (κ2) is 8.18. The molecule has 0 saturated heterocycles. The number of halogens is 2. The van der Waals surface area contributed by atoms with Gasteiger partial charge in [0.15, 0.2) is 0 Å². The third-order valence-corrected chi connectivity index (χ3v) is 4.26. The Balaban J connectivity index is 2.15. The molecule has 0 aliphatic rings. The third-order valence-electron chi connectivity index (χ3n) is 3.45. The van der Waals surface area contributed by atoms with Crippen molar-refractivity contribution in [1.29, 1.82) is 0 Å². The monoisotopic (exact) mass is 351 g/mol. The van der Waals surface area contributed by atoms with Crippen LogP contribution in [-0.4, -0.2) is 24.5 Å². The second-order valence-corrected chi connectivity index (χ2v) is 6.02. The Labute approximate surface area is 146 Å². The van der Waals surface area contributed by atoms with Gasteiger partial charge < -0.3 is 10.2 Å². The van der Waals surface area contributed by atoms with Crippen LogP contribution in [0.25, 0.3) is 0 Å². The number of carbonyl (C=O) groups is 1. The number of unbranched alkanes of at least 4 members (excludes halogenated alkanes) is 1. The van der Waals surface area contributed by atoms with Crippen LogP contribution < -0.4 is 10.2 Å². The number of amides is 1. The fourth-order valence-corrected chi connectivity index (χ4v) is 2.42. The first-order valence-corrected chi connectivity index (χ1v) is 8.21. The number of hydrogen-bond acceptors (Lipinski definition) is 3. The average molecular weight is 352 g/mol. The first kappa shape index (κ1) is 17.6. The van der Waals surface area contributed by atoms with Crippen LogP contribution in [0.15, 0.2) is 36.5 Å². The van der Waals surface area contributed by atoms with E-state index in [1.54, 1.807) is 36.5 Å². The zero-order valence-corrected chi connectivity index (χ0v) is 14.7. The molecule has 122 valence electrons. The van der Waals surface area contributed by atoms with Gasteiger partial charge in [-0.2, -0.15) is 0 Å². The normalized spacial score (nSPS) is 10.4. The zero-order valence-electron chi connectivity index (χ0n) is 13.1. The highest BCUT2D eigenvalue weighted by Crippen LogP contribution is 2.29. The van der Waals surface area contributed by atoms with Gasteiger partial charge in [0.1, 0.15) is 5.82 Å². The number of rotatable bonds is 6. The maximum atomic E-state index is 12.4. The molecule has 0 bridgehead atoms. The molecule has 0 radical (unpaired) electrons. The van der Waals surface area contributed by atoms with Gasteiger partial charge in [0.05, 0.1) is 15.7 Å². The molecule has 2 rings (SSSR count). The lowest BCUT2D eigenvalue weighted by Crippen LogP contribution is -2.20. The molecule has 1 heterocycles. The lowest BCUT2D eigenvalue weighted by atomic mass is 10.2. The number of aromatic nitrogens is 1. The average Bonchev–Trinajstić information content (AvgIpc) is 2.57. The number of anilines is 2. The summed E-state index contributed by atoms with van der Waals surface area (Å²) in [5.74, 6) is 0.519. The van der Waals surface area contributed by atoms with E-state index in [0.717, 1.165) is 25.2 Å². The molecule has 1 aromatic heterocycles. The smallest absolute Gasteiger partial charge is 0.255 e. The number of benzene rings is 1. The van der Waals surface area contributed by atoms with E-state index in [0.29, 0.717) is 21.3 Å². The number of nitrogens with one attached hydrogen (secondary N) is 1. The Morgan fingerprint density at radius 3 is 2.83 bits per heavy atom. The van der Waals surface area contributed by atoms with Crippen LogP contribution in [0.5, 0.6) is 0 Å². The van der Waals surface area contributed by atoms with Gasteiger partial charge in [0.2, 0.25) is 0 Å². The van der Waals surface area contributed by atoms with Gasteiger partial charge in [-0.15, -0.1) is 0 Å². The number of nitrogens with zero attached hydrogens (tertiary/aromatic N) is 2. The minimum absolute atomic E-state index is 0.248. The zero-order chi connectivity index (χ0) is 16.8. The van der Waals surface area contributed by atoms with Gasteiger partial charge in [-0.1, -0.05) is 42.6 Å². The quantitative estimate of drug-likeness (QED) is 0.806. The van der Waals surface area contributed by atoms with Crippen LogP contribution in [0.2, 0.25) is 10.0 Å². The van der Waals surface area contributed by atoms with Gasteiger partial charge in [0.25, 0.3) is 5.91 Å². The van der Waals surface area contributed by atoms with Crippen LogP contribution in [0, 0.1) is 0 Å². The molecular weight excluding hydrogens is 333 g/mol. The summed E-state index contributed by atoms with van der Waals surface area (Å²) in [7, 11) is 1.97. The fraction of sp³-hybridized carbons (Fsp3) is 0.294. The topological polar surface area (TPSA) is 45.2 Å². The molecule has 0 unspecified atom stereocenters. The van der Waals surface area contributed by atoms with Crippen molar-refractivity contribution >= 4 is 40.6 Å². The summed E-state index contributed by atoms with van der Waals surface area (Å²) in [6, 6.07) is 8.56. The first-order chi connectivity index (χ1) is 11.0. The van der Waals surface area contributed by atoms with Crippen LogP contribution in [-0.2, 0) is 0 Å². The Hall–Kier alpha value is -1.78. The van der Waals surface area contributed by atoms with Crippen molar-refractivity contribution in [2.24, 2.45) is 0 Å². The van der Waals surface area contributed by atoms with E-state index in [4.69, 9.17) is 23.2 Å². The summed E-state index contributed by atoms with van der Waals surface area (Å²) < 4.78 is 0. The molecule has 0 spiro atoms.